The summed E-state index contributed by atoms with van der Waals surface area (Å²) in [5, 5.41) is 0.432. The lowest BCUT2D eigenvalue weighted by Crippen LogP contribution is -2.01. The highest BCUT2D eigenvalue weighted by Gasteiger charge is 2.09. The van der Waals surface area contributed by atoms with Crippen molar-refractivity contribution in [3.63, 3.8) is 0 Å². The molecule has 0 bridgehead atoms. The minimum Gasteiger partial charge on any atom is -0.465 e. The molecule has 0 saturated carbocycles. The van der Waals surface area contributed by atoms with E-state index >= 15 is 0 Å². The van der Waals surface area contributed by atoms with Gasteiger partial charge in [0, 0.05) is 12.7 Å². The van der Waals surface area contributed by atoms with E-state index in [0.29, 0.717) is 16.3 Å². The van der Waals surface area contributed by atoms with E-state index in [1.165, 1.54) is 25.8 Å². The first-order valence-corrected chi connectivity index (χ1v) is 6.58. The summed E-state index contributed by atoms with van der Waals surface area (Å²) in [5.74, 6) is 0.161. The third kappa shape index (κ3) is 4.55. The summed E-state index contributed by atoms with van der Waals surface area (Å²) >= 11 is 7.21. The van der Waals surface area contributed by atoms with Crippen molar-refractivity contribution < 1.29 is 14.3 Å². The second-order valence-corrected chi connectivity index (χ2v) is 5.04. The molecule has 0 radical (unpaired) electrons. The highest BCUT2D eigenvalue weighted by Crippen LogP contribution is 2.19. The maximum atomic E-state index is 11.3. The minimum absolute atomic E-state index is 0.0821. The first-order chi connectivity index (χ1) is 8.54. The van der Waals surface area contributed by atoms with Crippen molar-refractivity contribution >= 4 is 40.5 Å². The fraction of sp³-hybridized carbons (Fsp3) is 0.231. The topological polar surface area (TPSA) is 43.4 Å². The number of benzene rings is 1. The van der Waals surface area contributed by atoms with E-state index in [-0.39, 0.29) is 5.12 Å². The van der Waals surface area contributed by atoms with Crippen LogP contribution in [-0.2, 0) is 9.53 Å². The molecule has 0 aliphatic carbocycles. The Labute approximate surface area is 115 Å². The molecule has 0 heterocycles. The fourth-order valence-corrected chi connectivity index (χ4v) is 1.95. The van der Waals surface area contributed by atoms with Gasteiger partial charge in [0.15, 0.2) is 5.12 Å². The van der Waals surface area contributed by atoms with Crippen molar-refractivity contribution in [2.75, 3.05) is 12.9 Å². The third-order valence-electron chi connectivity index (χ3n) is 2.09. The zero-order valence-electron chi connectivity index (χ0n) is 10.1. The van der Waals surface area contributed by atoms with Gasteiger partial charge >= 0.3 is 5.97 Å². The molecular weight excluding hydrogens is 272 g/mol. The average molecular weight is 285 g/mol. The number of methoxy groups -OCH3 is 1. The average Bonchev–Trinajstić information content (AvgIpc) is 2.33. The van der Waals surface area contributed by atoms with Gasteiger partial charge in [-0.25, -0.2) is 4.79 Å². The summed E-state index contributed by atoms with van der Waals surface area (Å²) in [6.45, 7) is 1.53. The maximum Gasteiger partial charge on any atom is 0.339 e. The number of hydrogen-bond donors (Lipinski definition) is 0. The number of halogens is 1. The van der Waals surface area contributed by atoms with E-state index in [9.17, 15) is 9.59 Å². The van der Waals surface area contributed by atoms with Crippen molar-refractivity contribution in [2.45, 2.75) is 6.92 Å². The van der Waals surface area contributed by atoms with Crippen LogP contribution in [0.15, 0.2) is 24.3 Å². The van der Waals surface area contributed by atoms with Gasteiger partial charge in [-0.05, 0) is 17.7 Å². The van der Waals surface area contributed by atoms with Crippen LogP contribution in [0.2, 0.25) is 5.02 Å². The van der Waals surface area contributed by atoms with Crippen LogP contribution in [0.3, 0.4) is 0 Å². The van der Waals surface area contributed by atoms with Crippen molar-refractivity contribution in [3.8, 4) is 0 Å². The molecule has 0 saturated heterocycles. The lowest BCUT2D eigenvalue weighted by molar-refractivity contribution is -0.109. The van der Waals surface area contributed by atoms with Gasteiger partial charge in [-0.1, -0.05) is 41.6 Å². The first kappa shape index (κ1) is 14.8. The quantitative estimate of drug-likeness (QED) is 0.795. The second kappa shape index (κ2) is 7.24. The monoisotopic (exact) mass is 284 g/mol. The van der Waals surface area contributed by atoms with E-state index in [1.807, 2.05) is 12.2 Å². The number of carbonyl (C=O) groups is 2. The Bertz CT molecular complexity index is 483. The zero-order chi connectivity index (χ0) is 13.5. The smallest absolute Gasteiger partial charge is 0.339 e. The molecule has 0 unspecified atom stereocenters. The molecule has 0 fully saturated rings. The molecule has 3 nitrogen and oxygen atoms in total. The molecule has 96 valence electrons. The van der Waals surface area contributed by atoms with Crippen molar-refractivity contribution in [1.82, 2.24) is 0 Å². The number of hydrogen-bond acceptors (Lipinski definition) is 4. The van der Waals surface area contributed by atoms with Crippen LogP contribution in [0, 0.1) is 0 Å². The molecule has 0 amide bonds. The molecule has 18 heavy (non-hydrogen) atoms. The molecule has 0 aliphatic rings. The standard InChI is InChI=1S/C13H13ClO3S/c1-9(15)18-7-3-4-10-5-6-11(12(14)8-10)13(16)17-2/h3-6,8H,7H2,1-2H3. The van der Waals surface area contributed by atoms with Crippen LogP contribution in [-0.4, -0.2) is 23.9 Å². The molecule has 0 N–H and O–H groups in total. The Morgan fingerprint density at radius 3 is 2.72 bits per heavy atom. The Balaban J connectivity index is 2.72. The van der Waals surface area contributed by atoms with E-state index in [2.05, 4.69) is 4.74 Å². The predicted octanol–water partition coefficient (Wildman–Crippen LogP) is 3.42. The number of carbonyl (C=O) groups excluding carboxylic acids is 2. The SMILES string of the molecule is COC(=O)c1ccc(C=CCSC(C)=O)cc1Cl. The van der Waals surface area contributed by atoms with Gasteiger partial charge in [0.05, 0.1) is 17.7 Å². The molecule has 0 aromatic heterocycles. The third-order valence-corrected chi connectivity index (χ3v) is 3.17. The lowest BCUT2D eigenvalue weighted by atomic mass is 10.1. The highest BCUT2D eigenvalue weighted by molar-refractivity contribution is 8.13. The molecule has 1 aromatic rings. The molecule has 1 aromatic carbocycles. The van der Waals surface area contributed by atoms with E-state index in [4.69, 9.17) is 11.6 Å². The van der Waals surface area contributed by atoms with Gasteiger partial charge in [-0.15, -0.1) is 0 Å². The summed E-state index contributed by atoms with van der Waals surface area (Å²) in [4.78, 5) is 22.0. The Kier molecular flexibility index (Phi) is 5.95. The van der Waals surface area contributed by atoms with Gasteiger partial charge in [0.1, 0.15) is 0 Å². The number of thioether (sulfide) groups is 1. The van der Waals surface area contributed by atoms with E-state index < -0.39 is 5.97 Å². The summed E-state index contributed by atoms with van der Waals surface area (Å²) in [7, 11) is 1.31. The summed E-state index contributed by atoms with van der Waals surface area (Å²) in [5.41, 5.74) is 1.21. The predicted molar refractivity (Wildman–Crippen MR) is 75.0 cm³/mol. The zero-order valence-corrected chi connectivity index (χ0v) is 11.7. The van der Waals surface area contributed by atoms with Crippen LogP contribution in [0.1, 0.15) is 22.8 Å². The maximum absolute atomic E-state index is 11.3. The van der Waals surface area contributed by atoms with Gasteiger partial charge in [-0.3, -0.25) is 4.79 Å². The lowest BCUT2D eigenvalue weighted by Gasteiger charge is -2.02. The Morgan fingerprint density at radius 2 is 2.17 bits per heavy atom. The molecule has 1 rings (SSSR count). The van der Waals surface area contributed by atoms with E-state index in [1.54, 1.807) is 18.2 Å². The summed E-state index contributed by atoms with van der Waals surface area (Å²) in [6.07, 6.45) is 3.72. The Morgan fingerprint density at radius 1 is 1.44 bits per heavy atom. The normalized spacial score (nSPS) is 10.6. The first-order valence-electron chi connectivity index (χ1n) is 5.22. The number of rotatable bonds is 4. The van der Waals surface area contributed by atoms with Gasteiger partial charge in [0.25, 0.3) is 0 Å². The van der Waals surface area contributed by atoms with Crippen LogP contribution in [0.4, 0.5) is 0 Å². The summed E-state index contributed by atoms with van der Waals surface area (Å²) in [6, 6.07) is 5.07. The van der Waals surface area contributed by atoms with Crippen molar-refractivity contribution in [3.05, 3.63) is 40.4 Å². The second-order valence-electron chi connectivity index (χ2n) is 3.44. The minimum atomic E-state index is -0.456. The number of esters is 1. The van der Waals surface area contributed by atoms with E-state index in [0.717, 1.165) is 5.56 Å². The number of ether oxygens (including phenoxy) is 1. The highest BCUT2D eigenvalue weighted by atomic mass is 35.5. The van der Waals surface area contributed by atoms with Crippen LogP contribution in [0.5, 0.6) is 0 Å². The molecular formula is C13H13ClO3S. The molecule has 0 aliphatic heterocycles. The van der Waals surface area contributed by atoms with Crippen LogP contribution < -0.4 is 0 Å². The van der Waals surface area contributed by atoms with Gasteiger partial charge in [-0.2, -0.15) is 0 Å². The fourth-order valence-electron chi connectivity index (χ4n) is 1.26. The molecule has 5 heteroatoms. The van der Waals surface area contributed by atoms with Crippen molar-refractivity contribution in [1.29, 1.82) is 0 Å². The van der Waals surface area contributed by atoms with Gasteiger partial charge in [0.2, 0.25) is 0 Å². The summed E-state index contributed by atoms with van der Waals surface area (Å²) < 4.78 is 4.60. The Hall–Kier alpha value is -1.26. The molecule has 0 atom stereocenters. The van der Waals surface area contributed by atoms with Crippen LogP contribution >= 0.6 is 23.4 Å². The van der Waals surface area contributed by atoms with Gasteiger partial charge < -0.3 is 4.74 Å². The molecule has 0 spiro atoms. The van der Waals surface area contributed by atoms with Crippen molar-refractivity contribution in [2.24, 2.45) is 0 Å². The van der Waals surface area contributed by atoms with Crippen LogP contribution in [0.25, 0.3) is 6.08 Å². The largest absolute Gasteiger partial charge is 0.465 e.